The van der Waals surface area contributed by atoms with Gasteiger partial charge in [-0.25, -0.2) is 15.0 Å². The first kappa shape index (κ1) is 11.5. The zero-order valence-electron chi connectivity index (χ0n) is 9.14. The molecular weight excluding hydrogens is 242 g/mol. The van der Waals surface area contributed by atoms with Gasteiger partial charge >= 0.3 is 0 Å². The van der Waals surface area contributed by atoms with Crippen molar-refractivity contribution >= 4 is 22.9 Å². The van der Waals surface area contributed by atoms with E-state index in [-0.39, 0.29) is 0 Å². The molecule has 0 saturated carbocycles. The Morgan fingerprint density at radius 2 is 2.19 bits per heavy atom. The number of thiazole rings is 1. The second kappa shape index (κ2) is 4.89. The highest BCUT2D eigenvalue weighted by atomic mass is 35.5. The summed E-state index contributed by atoms with van der Waals surface area (Å²) >= 11 is 7.49. The van der Waals surface area contributed by atoms with E-state index in [1.165, 1.54) is 11.3 Å². The van der Waals surface area contributed by atoms with E-state index in [1.807, 2.05) is 11.4 Å². The average molecular weight is 254 g/mol. The van der Waals surface area contributed by atoms with Crippen LogP contribution in [0.4, 0.5) is 0 Å². The molecule has 84 valence electrons. The monoisotopic (exact) mass is 253 g/mol. The van der Waals surface area contributed by atoms with Crippen molar-refractivity contribution < 1.29 is 0 Å². The van der Waals surface area contributed by atoms with Crippen molar-refractivity contribution in [3.8, 4) is 10.8 Å². The molecule has 0 fully saturated rings. The molecule has 3 nitrogen and oxygen atoms in total. The summed E-state index contributed by atoms with van der Waals surface area (Å²) in [5.41, 5.74) is 0.972. The van der Waals surface area contributed by atoms with Crippen LogP contribution in [0.2, 0.25) is 5.15 Å². The molecule has 0 unspecified atom stereocenters. The van der Waals surface area contributed by atoms with Gasteiger partial charge in [-0.15, -0.1) is 11.3 Å². The Hall–Kier alpha value is -1.00. The van der Waals surface area contributed by atoms with E-state index in [0.717, 1.165) is 17.1 Å². The molecule has 0 bridgehead atoms. The second-order valence-corrected chi connectivity index (χ2v) is 5.22. The fourth-order valence-corrected chi connectivity index (χ4v) is 2.19. The number of halogens is 1. The third-order valence-electron chi connectivity index (χ3n) is 1.99. The third-order valence-corrected chi connectivity index (χ3v) is 2.95. The highest BCUT2D eigenvalue weighted by Gasteiger charge is 2.08. The van der Waals surface area contributed by atoms with Gasteiger partial charge in [0.1, 0.15) is 5.15 Å². The molecule has 2 aromatic rings. The van der Waals surface area contributed by atoms with Crippen LogP contribution in [0.3, 0.4) is 0 Å². The van der Waals surface area contributed by atoms with Crippen LogP contribution in [0.15, 0.2) is 17.6 Å². The summed E-state index contributed by atoms with van der Waals surface area (Å²) in [7, 11) is 0. The number of aromatic nitrogens is 3. The van der Waals surface area contributed by atoms with Crippen LogP contribution in [0.1, 0.15) is 19.5 Å². The largest absolute Gasteiger partial charge is 0.241 e. The lowest BCUT2D eigenvalue weighted by Crippen LogP contribution is -2.00. The molecule has 2 rings (SSSR count). The van der Waals surface area contributed by atoms with Crippen LogP contribution in [0.5, 0.6) is 0 Å². The Balaban J connectivity index is 2.36. The van der Waals surface area contributed by atoms with Crippen molar-refractivity contribution in [1.82, 2.24) is 15.0 Å². The Morgan fingerprint density at radius 1 is 1.38 bits per heavy atom. The van der Waals surface area contributed by atoms with Gasteiger partial charge in [0.25, 0.3) is 0 Å². The van der Waals surface area contributed by atoms with Gasteiger partial charge < -0.3 is 0 Å². The van der Waals surface area contributed by atoms with Crippen molar-refractivity contribution in [1.29, 1.82) is 0 Å². The van der Waals surface area contributed by atoms with E-state index < -0.39 is 0 Å². The van der Waals surface area contributed by atoms with Crippen molar-refractivity contribution in [2.24, 2.45) is 5.92 Å². The molecule has 2 aromatic heterocycles. The molecule has 5 heteroatoms. The van der Waals surface area contributed by atoms with Gasteiger partial charge in [-0.3, -0.25) is 0 Å². The molecule has 2 heterocycles. The fraction of sp³-hybridized carbons (Fsp3) is 0.364. The van der Waals surface area contributed by atoms with Crippen molar-refractivity contribution in [3.63, 3.8) is 0 Å². The molecule has 0 aliphatic rings. The minimum absolute atomic E-state index is 0.482. The summed E-state index contributed by atoms with van der Waals surface area (Å²) < 4.78 is 0. The molecule has 0 saturated heterocycles. The molecule has 0 aliphatic carbocycles. The molecule has 0 radical (unpaired) electrons. The first-order chi connectivity index (χ1) is 7.65. The quantitative estimate of drug-likeness (QED) is 0.787. The summed E-state index contributed by atoms with van der Waals surface area (Å²) in [6, 6.07) is 1.82. The van der Waals surface area contributed by atoms with Crippen molar-refractivity contribution in [2.45, 2.75) is 20.3 Å². The number of hydrogen-bond donors (Lipinski definition) is 0. The van der Waals surface area contributed by atoms with E-state index >= 15 is 0 Å². The predicted molar refractivity (Wildman–Crippen MR) is 66.7 cm³/mol. The van der Waals surface area contributed by atoms with Crippen LogP contribution in [-0.2, 0) is 6.42 Å². The Labute approximate surface area is 104 Å². The first-order valence-corrected chi connectivity index (χ1v) is 6.34. The SMILES string of the molecule is CC(C)Cc1cc(Cl)nc(-c2nccs2)n1. The molecule has 0 amide bonds. The van der Waals surface area contributed by atoms with Crippen LogP contribution >= 0.6 is 22.9 Å². The summed E-state index contributed by atoms with van der Waals surface area (Å²) in [5, 5.41) is 3.20. The number of nitrogens with zero attached hydrogens (tertiary/aromatic N) is 3. The van der Waals surface area contributed by atoms with Crippen LogP contribution < -0.4 is 0 Å². The van der Waals surface area contributed by atoms with Crippen molar-refractivity contribution in [3.05, 3.63) is 28.5 Å². The molecule has 0 spiro atoms. The standard InChI is InChI=1S/C11H12ClN3S/c1-7(2)5-8-6-9(12)15-10(14-8)11-13-3-4-16-11/h3-4,6-7H,5H2,1-2H3. The average Bonchev–Trinajstić information content (AvgIpc) is 2.67. The van der Waals surface area contributed by atoms with Crippen LogP contribution in [0.25, 0.3) is 10.8 Å². The Morgan fingerprint density at radius 3 is 2.81 bits per heavy atom. The number of hydrogen-bond acceptors (Lipinski definition) is 4. The fourth-order valence-electron chi connectivity index (χ4n) is 1.42. The number of rotatable bonds is 3. The minimum atomic E-state index is 0.482. The van der Waals surface area contributed by atoms with Crippen LogP contribution in [0, 0.1) is 5.92 Å². The van der Waals surface area contributed by atoms with Gasteiger partial charge in [0.15, 0.2) is 10.8 Å². The molecule has 0 aromatic carbocycles. The highest BCUT2D eigenvalue weighted by molar-refractivity contribution is 7.13. The summed E-state index contributed by atoms with van der Waals surface area (Å²) in [4.78, 5) is 12.8. The molecular formula is C11H12ClN3S. The van der Waals surface area contributed by atoms with E-state index in [0.29, 0.717) is 16.9 Å². The molecule has 0 atom stereocenters. The zero-order valence-corrected chi connectivity index (χ0v) is 10.7. The highest BCUT2D eigenvalue weighted by Crippen LogP contribution is 2.21. The maximum absolute atomic E-state index is 5.98. The van der Waals surface area contributed by atoms with E-state index in [2.05, 4.69) is 28.8 Å². The van der Waals surface area contributed by atoms with Gasteiger partial charge in [0.2, 0.25) is 0 Å². The lowest BCUT2D eigenvalue weighted by Gasteiger charge is -2.05. The van der Waals surface area contributed by atoms with E-state index in [1.54, 1.807) is 6.20 Å². The van der Waals surface area contributed by atoms with Gasteiger partial charge in [0.05, 0.1) is 0 Å². The van der Waals surface area contributed by atoms with Crippen molar-refractivity contribution in [2.75, 3.05) is 0 Å². The van der Waals surface area contributed by atoms with E-state index in [4.69, 9.17) is 11.6 Å². The normalized spacial score (nSPS) is 11.0. The van der Waals surface area contributed by atoms with Gasteiger partial charge in [-0.05, 0) is 18.4 Å². The zero-order chi connectivity index (χ0) is 11.5. The predicted octanol–water partition coefficient (Wildman–Crippen LogP) is 3.45. The molecule has 16 heavy (non-hydrogen) atoms. The topological polar surface area (TPSA) is 38.7 Å². The van der Waals surface area contributed by atoms with Crippen LogP contribution in [-0.4, -0.2) is 15.0 Å². The second-order valence-electron chi connectivity index (χ2n) is 3.94. The summed E-state index contributed by atoms with van der Waals surface area (Å²) in [6.45, 7) is 4.30. The van der Waals surface area contributed by atoms with Gasteiger partial charge in [-0.2, -0.15) is 0 Å². The molecule has 0 N–H and O–H groups in total. The van der Waals surface area contributed by atoms with Gasteiger partial charge in [0, 0.05) is 17.3 Å². The Bertz CT molecular complexity index is 468. The smallest absolute Gasteiger partial charge is 0.190 e. The third kappa shape index (κ3) is 2.77. The summed E-state index contributed by atoms with van der Waals surface area (Å²) in [5.74, 6) is 1.17. The van der Waals surface area contributed by atoms with Gasteiger partial charge in [-0.1, -0.05) is 25.4 Å². The first-order valence-electron chi connectivity index (χ1n) is 5.08. The maximum Gasteiger partial charge on any atom is 0.190 e. The maximum atomic E-state index is 5.98. The lowest BCUT2D eigenvalue weighted by atomic mass is 10.1. The van der Waals surface area contributed by atoms with E-state index in [9.17, 15) is 0 Å². The lowest BCUT2D eigenvalue weighted by molar-refractivity contribution is 0.634. The minimum Gasteiger partial charge on any atom is -0.241 e. The summed E-state index contributed by atoms with van der Waals surface area (Å²) in [6.07, 6.45) is 2.65. The molecule has 0 aliphatic heterocycles. The Kier molecular flexibility index (Phi) is 3.51.